The van der Waals surface area contributed by atoms with Crippen LogP contribution in [0.15, 0.2) is 23.2 Å². The second-order valence-electron chi connectivity index (χ2n) is 3.95. The highest BCUT2D eigenvalue weighted by Gasteiger charge is 2.10. The molecule has 0 saturated carbocycles. The summed E-state index contributed by atoms with van der Waals surface area (Å²) in [6.45, 7) is 1.69. The Morgan fingerprint density at radius 2 is 2.39 bits per heavy atom. The number of nitrogens with zero attached hydrogens (tertiary/aromatic N) is 1. The van der Waals surface area contributed by atoms with Crippen molar-refractivity contribution in [1.29, 1.82) is 0 Å². The third kappa shape index (κ3) is 2.97. The molecule has 0 atom stereocenters. The molecule has 1 aliphatic heterocycles. The lowest BCUT2D eigenvalue weighted by atomic mass is 10.1. The summed E-state index contributed by atoms with van der Waals surface area (Å²) >= 11 is 0. The van der Waals surface area contributed by atoms with Gasteiger partial charge in [-0.25, -0.2) is 9.18 Å². The molecule has 0 fully saturated rings. The van der Waals surface area contributed by atoms with Crippen molar-refractivity contribution in [3.63, 3.8) is 0 Å². The maximum absolute atomic E-state index is 13.8. The van der Waals surface area contributed by atoms with Crippen molar-refractivity contribution in [3.05, 3.63) is 35.1 Å². The van der Waals surface area contributed by atoms with E-state index < -0.39 is 6.09 Å². The highest BCUT2D eigenvalue weighted by Crippen LogP contribution is 2.12. The molecule has 5 nitrogen and oxygen atoms in total. The van der Waals surface area contributed by atoms with Crippen molar-refractivity contribution in [2.24, 2.45) is 4.99 Å². The van der Waals surface area contributed by atoms with Gasteiger partial charge in [0.05, 0.1) is 6.54 Å². The lowest BCUT2D eigenvalue weighted by Gasteiger charge is -2.07. The maximum Gasteiger partial charge on any atom is 0.404 e. The van der Waals surface area contributed by atoms with Gasteiger partial charge in [-0.15, -0.1) is 0 Å². The van der Waals surface area contributed by atoms with E-state index in [-0.39, 0.29) is 12.4 Å². The van der Waals surface area contributed by atoms with E-state index in [1.54, 1.807) is 12.1 Å². The topological polar surface area (TPSA) is 73.7 Å². The number of amides is 1. The van der Waals surface area contributed by atoms with Crippen molar-refractivity contribution in [2.45, 2.75) is 6.42 Å². The van der Waals surface area contributed by atoms with Crippen molar-refractivity contribution < 1.29 is 14.3 Å². The number of hydrogen-bond acceptors (Lipinski definition) is 3. The molecule has 18 heavy (non-hydrogen) atoms. The number of carbonyl (C=O) groups is 1. The number of hydrogen-bond donors (Lipinski definition) is 3. The normalized spacial score (nSPS) is 13.9. The summed E-state index contributed by atoms with van der Waals surface area (Å²) in [5.41, 5.74) is 1.21. The van der Waals surface area contributed by atoms with Crippen LogP contribution in [0.25, 0.3) is 0 Å². The summed E-state index contributed by atoms with van der Waals surface area (Å²) in [5, 5.41) is 13.7. The molecule has 0 saturated heterocycles. The fraction of sp³-hybridized carbons (Fsp3) is 0.333. The molecule has 0 aliphatic carbocycles. The molecule has 0 spiro atoms. The average molecular weight is 251 g/mol. The largest absolute Gasteiger partial charge is 0.465 e. The Kier molecular flexibility index (Phi) is 3.76. The average Bonchev–Trinajstić information content (AvgIpc) is 2.84. The summed E-state index contributed by atoms with van der Waals surface area (Å²) in [4.78, 5) is 14.5. The van der Waals surface area contributed by atoms with Gasteiger partial charge in [0.25, 0.3) is 0 Å². The van der Waals surface area contributed by atoms with E-state index in [2.05, 4.69) is 15.6 Å². The molecule has 1 amide bonds. The Morgan fingerprint density at radius 3 is 3.00 bits per heavy atom. The van der Waals surface area contributed by atoms with Crippen molar-refractivity contribution in [1.82, 2.24) is 10.6 Å². The summed E-state index contributed by atoms with van der Waals surface area (Å²) in [5.74, 6) is 0.375. The molecule has 2 rings (SSSR count). The number of halogens is 1. The number of benzene rings is 1. The van der Waals surface area contributed by atoms with Gasteiger partial charge in [0.15, 0.2) is 0 Å². The third-order valence-corrected chi connectivity index (χ3v) is 2.67. The molecule has 1 aromatic rings. The van der Waals surface area contributed by atoms with E-state index in [1.165, 1.54) is 6.07 Å². The van der Waals surface area contributed by atoms with Crippen LogP contribution in [0.4, 0.5) is 9.18 Å². The molecule has 6 heteroatoms. The lowest BCUT2D eigenvalue weighted by molar-refractivity contribution is 0.194. The lowest BCUT2D eigenvalue weighted by Crippen LogP contribution is -2.23. The van der Waals surface area contributed by atoms with Gasteiger partial charge in [-0.2, -0.15) is 0 Å². The first-order valence-corrected chi connectivity index (χ1v) is 5.71. The Hall–Kier alpha value is -2.11. The first kappa shape index (κ1) is 12.3. The fourth-order valence-electron chi connectivity index (χ4n) is 1.79. The molecular formula is C12H14FN3O2. The van der Waals surface area contributed by atoms with Gasteiger partial charge in [0.1, 0.15) is 11.7 Å². The van der Waals surface area contributed by atoms with E-state index in [1.807, 2.05) is 0 Å². The summed E-state index contributed by atoms with van der Waals surface area (Å²) in [6.07, 6.45) is -0.769. The van der Waals surface area contributed by atoms with E-state index in [9.17, 15) is 9.18 Å². The standard InChI is InChI=1S/C12H14FN3O2/c13-10-7-9(11-14-5-6-15-11)2-1-8(10)3-4-16-12(17)18/h1-2,7,16H,3-6H2,(H,14,15)(H,17,18). The van der Waals surface area contributed by atoms with Crippen LogP contribution in [0.3, 0.4) is 0 Å². The van der Waals surface area contributed by atoms with E-state index in [4.69, 9.17) is 5.11 Å². The van der Waals surface area contributed by atoms with Crippen molar-refractivity contribution in [2.75, 3.05) is 19.6 Å². The second-order valence-corrected chi connectivity index (χ2v) is 3.95. The highest BCUT2D eigenvalue weighted by atomic mass is 19.1. The molecule has 96 valence electrons. The SMILES string of the molecule is O=C(O)NCCc1ccc(C2=NCCN2)cc1F. The number of amidine groups is 1. The Bertz CT molecular complexity index is 488. The number of aliphatic imine (C=N–C) groups is 1. The van der Waals surface area contributed by atoms with Crippen LogP contribution in [-0.4, -0.2) is 36.7 Å². The zero-order chi connectivity index (χ0) is 13.0. The van der Waals surface area contributed by atoms with Gasteiger partial charge in [0.2, 0.25) is 0 Å². The molecule has 1 heterocycles. The van der Waals surface area contributed by atoms with E-state index >= 15 is 0 Å². The van der Waals surface area contributed by atoms with Crippen LogP contribution >= 0.6 is 0 Å². The molecule has 0 bridgehead atoms. The van der Waals surface area contributed by atoms with Crippen LogP contribution in [0.1, 0.15) is 11.1 Å². The number of rotatable bonds is 4. The Balaban J connectivity index is 2.03. The van der Waals surface area contributed by atoms with Crippen LogP contribution in [-0.2, 0) is 6.42 Å². The molecule has 0 radical (unpaired) electrons. The zero-order valence-corrected chi connectivity index (χ0v) is 9.74. The monoisotopic (exact) mass is 251 g/mol. The molecule has 1 aliphatic rings. The minimum absolute atomic E-state index is 0.199. The Morgan fingerprint density at radius 1 is 1.56 bits per heavy atom. The van der Waals surface area contributed by atoms with E-state index in [0.29, 0.717) is 24.4 Å². The van der Waals surface area contributed by atoms with Crippen molar-refractivity contribution in [3.8, 4) is 0 Å². The quantitative estimate of drug-likeness (QED) is 0.747. The molecular weight excluding hydrogens is 237 g/mol. The molecule has 0 unspecified atom stereocenters. The summed E-state index contributed by atoms with van der Waals surface area (Å²) in [6, 6.07) is 4.88. The minimum Gasteiger partial charge on any atom is -0.465 e. The fourth-order valence-corrected chi connectivity index (χ4v) is 1.79. The van der Waals surface area contributed by atoms with Crippen LogP contribution < -0.4 is 10.6 Å². The first-order chi connectivity index (χ1) is 8.66. The highest BCUT2D eigenvalue weighted by molar-refractivity contribution is 5.99. The zero-order valence-electron chi connectivity index (χ0n) is 9.74. The molecule has 1 aromatic carbocycles. The second kappa shape index (κ2) is 5.48. The van der Waals surface area contributed by atoms with Gasteiger partial charge in [0, 0.05) is 18.7 Å². The van der Waals surface area contributed by atoms with Crippen LogP contribution in [0.5, 0.6) is 0 Å². The minimum atomic E-state index is -1.10. The van der Waals surface area contributed by atoms with Crippen LogP contribution in [0.2, 0.25) is 0 Å². The van der Waals surface area contributed by atoms with Gasteiger partial charge < -0.3 is 15.7 Å². The van der Waals surface area contributed by atoms with Gasteiger partial charge in [-0.1, -0.05) is 12.1 Å². The smallest absolute Gasteiger partial charge is 0.404 e. The number of nitrogens with one attached hydrogen (secondary N) is 2. The Labute approximate surface area is 104 Å². The van der Waals surface area contributed by atoms with E-state index in [0.717, 1.165) is 12.1 Å². The molecule has 3 N–H and O–H groups in total. The van der Waals surface area contributed by atoms with Crippen LogP contribution in [0, 0.1) is 5.82 Å². The van der Waals surface area contributed by atoms with Crippen molar-refractivity contribution >= 4 is 11.9 Å². The summed E-state index contributed by atoms with van der Waals surface area (Å²) in [7, 11) is 0. The maximum atomic E-state index is 13.8. The van der Waals surface area contributed by atoms with Gasteiger partial charge in [-0.05, 0) is 18.1 Å². The number of carboxylic acid groups (broad SMARTS) is 1. The van der Waals surface area contributed by atoms with Gasteiger partial charge in [-0.3, -0.25) is 4.99 Å². The van der Waals surface area contributed by atoms with Gasteiger partial charge >= 0.3 is 6.09 Å². The predicted molar refractivity (Wildman–Crippen MR) is 65.5 cm³/mol. The predicted octanol–water partition coefficient (Wildman–Crippen LogP) is 0.986. The third-order valence-electron chi connectivity index (χ3n) is 2.67. The first-order valence-electron chi connectivity index (χ1n) is 5.71. The molecule has 0 aromatic heterocycles. The summed E-state index contributed by atoms with van der Waals surface area (Å²) < 4.78 is 13.8.